The molecule has 134 valence electrons. The van der Waals surface area contributed by atoms with Gasteiger partial charge in [0.2, 0.25) is 15.9 Å². The molecule has 0 spiro atoms. The zero-order chi connectivity index (χ0) is 18.4. The van der Waals surface area contributed by atoms with Crippen molar-refractivity contribution in [1.29, 1.82) is 0 Å². The molecule has 0 atom stereocenters. The van der Waals surface area contributed by atoms with Crippen LogP contribution in [-0.4, -0.2) is 25.8 Å². The van der Waals surface area contributed by atoms with Gasteiger partial charge in [-0.15, -0.1) is 11.8 Å². The largest absolute Gasteiger partial charge is 0.325 e. The van der Waals surface area contributed by atoms with E-state index < -0.39 is 10.0 Å². The smallest absolute Gasteiger partial charge is 0.234 e. The number of nitrogens with one attached hydrogen (secondary N) is 2. The number of benzene rings is 2. The maximum absolute atomic E-state index is 12.0. The molecule has 0 radical (unpaired) electrons. The minimum absolute atomic E-state index is 0.00519. The molecule has 25 heavy (non-hydrogen) atoms. The van der Waals surface area contributed by atoms with Gasteiger partial charge in [0, 0.05) is 21.3 Å². The number of carbonyl (C=O) groups is 1. The van der Waals surface area contributed by atoms with E-state index in [0.29, 0.717) is 21.4 Å². The number of rotatable bonds is 7. The second-order valence-corrected chi connectivity index (χ2v) is 8.87. The Bertz CT molecular complexity index is 856. The standard InChI is InChI=1S/C16H16Cl2N2O3S2/c1-2-25(22,23)20-13-6-4-12(5-7-13)19-16(21)10-24-15-9-11(17)3-8-14(15)18/h3-9,20H,2,10H2,1H3,(H,19,21). The van der Waals surface area contributed by atoms with Crippen LogP contribution >= 0.6 is 35.0 Å². The fourth-order valence-corrected chi connectivity index (χ4v) is 3.73. The Labute approximate surface area is 161 Å². The molecule has 2 N–H and O–H groups in total. The lowest BCUT2D eigenvalue weighted by atomic mass is 10.3. The SMILES string of the molecule is CCS(=O)(=O)Nc1ccc(NC(=O)CSc2cc(Cl)ccc2Cl)cc1. The first kappa shape index (κ1) is 19.9. The van der Waals surface area contributed by atoms with Crippen molar-refractivity contribution >= 4 is 62.3 Å². The number of carbonyl (C=O) groups excluding carboxylic acids is 1. The van der Waals surface area contributed by atoms with Gasteiger partial charge in [-0.25, -0.2) is 8.42 Å². The lowest BCUT2D eigenvalue weighted by Gasteiger charge is -2.09. The summed E-state index contributed by atoms with van der Waals surface area (Å²) in [5.74, 6) is -0.0399. The Hall–Kier alpha value is -1.41. The van der Waals surface area contributed by atoms with Gasteiger partial charge in [-0.2, -0.15) is 0 Å². The molecule has 0 aliphatic rings. The number of amides is 1. The summed E-state index contributed by atoms with van der Waals surface area (Å²) in [4.78, 5) is 12.8. The molecule has 0 bridgehead atoms. The van der Waals surface area contributed by atoms with Crippen molar-refractivity contribution in [3.05, 3.63) is 52.5 Å². The first-order valence-corrected chi connectivity index (χ1v) is 10.7. The molecule has 1 amide bonds. The zero-order valence-electron chi connectivity index (χ0n) is 13.3. The monoisotopic (exact) mass is 418 g/mol. The number of anilines is 2. The molecule has 5 nitrogen and oxygen atoms in total. The van der Waals surface area contributed by atoms with Gasteiger partial charge in [-0.1, -0.05) is 23.2 Å². The van der Waals surface area contributed by atoms with Crippen molar-refractivity contribution in [3.8, 4) is 0 Å². The Morgan fingerprint density at radius 2 is 1.72 bits per heavy atom. The van der Waals surface area contributed by atoms with E-state index in [1.165, 1.54) is 11.8 Å². The fourth-order valence-electron chi connectivity index (χ4n) is 1.80. The number of sulfonamides is 1. The quantitative estimate of drug-likeness (QED) is 0.649. The highest BCUT2D eigenvalue weighted by molar-refractivity contribution is 8.00. The third-order valence-corrected chi connectivity index (χ3v) is 6.11. The molecule has 0 aliphatic carbocycles. The Kier molecular flexibility index (Phi) is 7.01. The number of hydrogen-bond donors (Lipinski definition) is 2. The van der Waals surface area contributed by atoms with E-state index in [1.807, 2.05) is 0 Å². The highest BCUT2D eigenvalue weighted by atomic mass is 35.5. The molecule has 0 unspecified atom stereocenters. The Balaban J connectivity index is 1.91. The lowest BCUT2D eigenvalue weighted by Crippen LogP contribution is -2.15. The van der Waals surface area contributed by atoms with Crippen LogP contribution in [0.3, 0.4) is 0 Å². The normalized spacial score (nSPS) is 11.2. The minimum Gasteiger partial charge on any atom is -0.325 e. The third kappa shape index (κ3) is 6.43. The molecule has 2 aromatic carbocycles. The summed E-state index contributed by atoms with van der Waals surface area (Å²) in [6.07, 6.45) is 0. The summed E-state index contributed by atoms with van der Waals surface area (Å²) in [6, 6.07) is 11.5. The van der Waals surface area contributed by atoms with Gasteiger partial charge in [-0.05, 0) is 49.4 Å². The van der Waals surface area contributed by atoms with E-state index in [0.717, 1.165) is 4.90 Å². The fraction of sp³-hybridized carbons (Fsp3) is 0.188. The van der Waals surface area contributed by atoms with Gasteiger partial charge in [0.05, 0.1) is 16.5 Å². The van der Waals surface area contributed by atoms with Crippen LogP contribution in [0, 0.1) is 0 Å². The second kappa shape index (κ2) is 8.80. The number of hydrogen-bond acceptors (Lipinski definition) is 4. The molecule has 0 aliphatic heterocycles. The third-order valence-electron chi connectivity index (χ3n) is 3.07. The van der Waals surface area contributed by atoms with E-state index >= 15 is 0 Å². The van der Waals surface area contributed by atoms with E-state index in [2.05, 4.69) is 10.0 Å². The van der Waals surface area contributed by atoms with Gasteiger partial charge in [0.15, 0.2) is 0 Å². The van der Waals surface area contributed by atoms with Crippen molar-refractivity contribution in [2.45, 2.75) is 11.8 Å². The van der Waals surface area contributed by atoms with Crippen molar-refractivity contribution in [3.63, 3.8) is 0 Å². The van der Waals surface area contributed by atoms with Crippen LogP contribution in [0.1, 0.15) is 6.92 Å². The molecule has 9 heteroatoms. The molecular weight excluding hydrogens is 403 g/mol. The molecular formula is C16H16Cl2N2O3S2. The average molecular weight is 419 g/mol. The Morgan fingerprint density at radius 3 is 2.36 bits per heavy atom. The van der Waals surface area contributed by atoms with Crippen molar-refractivity contribution < 1.29 is 13.2 Å². The molecule has 2 rings (SSSR count). The summed E-state index contributed by atoms with van der Waals surface area (Å²) in [7, 11) is -3.32. The van der Waals surface area contributed by atoms with E-state index in [1.54, 1.807) is 49.4 Å². The van der Waals surface area contributed by atoms with Crippen LogP contribution in [0.15, 0.2) is 47.4 Å². The summed E-state index contributed by atoms with van der Waals surface area (Å²) in [5.41, 5.74) is 1.02. The average Bonchev–Trinajstić information content (AvgIpc) is 2.57. The van der Waals surface area contributed by atoms with Crippen LogP contribution in [-0.2, 0) is 14.8 Å². The lowest BCUT2D eigenvalue weighted by molar-refractivity contribution is -0.113. The molecule has 0 heterocycles. The van der Waals surface area contributed by atoms with Crippen LogP contribution in [0.5, 0.6) is 0 Å². The van der Waals surface area contributed by atoms with Gasteiger partial charge in [0.25, 0.3) is 0 Å². The molecule has 0 saturated heterocycles. The molecule has 2 aromatic rings. The van der Waals surface area contributed by atoms with Crippen molar-refractivity contribution in [1.82, 2.24) is 0 Å². The predicted molar refractivity (Wildman–Crippen MR) is 105 cm³/mol. The van der Waals surface area contributed by atoms with Crippen molar-refractivity contribution in [2.24, 2.45) is 0 Å². The van der Waals surface area contributed by atoms with E-state index in [4.69, 9.17) is 23.2 Å². The van der Waals surface area contributed by atoms with Crippen LogP contribution in [0.4, 0.5) is 11.4 Å². The van der Waals surface area contributed by atoms with E-state index in [-0.39, 0.29) is 17.4 Å². The van der Waals surface area contributed by atoms with E-state index in [9.17, 15) is 13.2 Å². The van der Waals surface area contributed by atoms with Crippen LogP contribution < -0.4 is 10.0 Å². The topological polar surface area (TPSA) is 75.3 Å². The predicted octanol–water partition coefficient (Wildman–Crippen LogP) is 4.49. The summed E-state index contributed by atoms with van der Waals surface area (Å²) >= 11 is 13.2. The maximum Gasteiger partial charge on any atom is 0.234 e. The molecule has 0 fully saturated rings. The highest BCUT2D eigenvalue weighted by Gasteiger charge is 2.09. The van der Waals surface area contributed by atoms with Gasteiger partial charge < -0.3 is 5.32 Å². The summed E-state index contributed by atoms with van der Waals surface area (Å²) in [6.45, 7) is 1.56. The summed E-state index contributed by atoms with van der Waals surface area (Å²) < 4.78 is 25.4. The van der Waals surface area contributed by atoms with Crippen LogP contribution in [0.25, 0.3) is 0 Å². The van der Waals surface area contributed by atoms with Crippen LogP contribution in [0.2, 0.25) is 10.0 Å². The number of thioether (sulfide) groups is 1. The first-order chi connectivity index (χ1) is 11.8. The van der Waals surface area contributed by atoms with Gasteiger partial charge in [-0.3, -0.25) is 9.52 Å². The van der Waals surface area contributed by atoms with Gasteiger partial charge in [0.1, 0.15) is 0 Å². The minimum atomic E-state index is -3.32. The maximum atomic E-state index is 12.0. The summed E-state index contributed by atoms with van der Waals surface area (Å²) in [5, 5.41) is 3.83. The zero-order valence-corrected chi connectivity index (χ0v) is 16.4. The number of halogens is 2. The molecule has 0 aromatic heterocycles. The first-order valence-electron chi connectivity index (χ1n) is 7.27. The highest BCUT2D eigenvalue weighted by Crippen LogP contribution is 2.29. The second-order valence-electron chi connectivity index (χ2n) is 4.99. The molecule has 0 saturated carbocycles. The van der Waals surface area contributed by atoms with Gasteiger partial charge >= 0.3 is 0 Å². The Morgan fingerprint density at radius 1 is 1.08 bits per heavy atom. The van der Waals surface area contributed by atoms with Crippen molar-refractivity contribution in [2.75, 3.05) is 21.5 Å².